The number of ether oxygens (including phenoxy) is 3. The summed E-state index contributed by atoms with van der Waals surface area (Å²) in [5.74, 6) is 0.777. The highest BCUT2D eigenvalue weighted by molar-refractivity contribution is 8.16. The van der Waals surface area contributed by atoms with Gasteiger partial charge in [0.1, 0.15) is 6.61 Å². The number of aliphatic imine (C=N–C) groups is 1. The van der Waals surface area contributed by atoms with Crippen molar-refractivity contribution in [3.8, 4) is 11.5 Å². The number of esters is 1. The smallest absolute Gasteiger partial charge is 0.338 e. The van der Waals surface area contributed by atoms with Crippen LogP contribution in [0.1, 0.15) is 43.4 Å². The standard InChI is InChI=1S/C29H31N3O5S/c1-19-26(28(34)36-3)27(32-22(18-38-29(32)30-19)16-25(33)31-13-7-8-14-31)21-11-12-23(24(15-21)35-2)37-17-20-9-5-4-6-10-20/h4-6,9-12,15,18,27H,7-8,13-14,16-17H2,1-3H3/t27-/m0/s1. The Hall–Kier alpha value is -3.72. The number of hydrogen-bond donors (Lipinski definition) is 0. The zero-order chi connectivity index (χ0) is 26.6. The number of carbonyl (C=O) groups excluding carboxylic acids is 2. The number of allylic oxidation sites excluding steroid dienone is 1. The van der Waals surface area contributed by atoms with E-state index in [1.165, 1.54) is 18.9 Å². The van der Waals surface area contributed by atoms with Gasteiger partial charge in [0, 0.05) is 18.8 Å². The van der Waals surface area contributed by atoms with Crippen LogP contribution >= 0.6 is 11.8 Å². The van der Waals surface area contributed by atoms with Crippen LogP contribution in [0, 0.1) is 0 Å². The summed E-state index contributed by atoms with van der Waals surface area (Å²) in [7, 11) is 2.96. The predicted molar refractivity (Wildman–Crippen MR) is 147 cm³/mol. The van der Waals surface area contributed by atoms with Gasteiger partial charge in [0.15, 0.2) is 16.7 Å². The molecule has 2 aromatic rings. The lowest BCUT2D eigenvalue weighted by Crippen LogP contribution is -2.38. The van der Waals surface area contributed by atoms with E-state index in [2.05, 4.69) is 0 Å². The van der Waals surface area contributed by atoms with Gasteiger partial charge < -0.3 is 24.0 Å². The Labute approximate surface area is 226 Å². The maximum Gasteiger partial charge on any atom is 0.338 e. The fourth-order valence-electron chi connectivity index (χ4n) is 5.00. The van der Waals surface area contributed by atoms with Crippen LogP contribution in [0.3, 0.4) is 0 Å². The van der Waals surface area contributed by atoms with Crippen LogP contribution in [-0.2, 0) is 20.9 Å². The van der Waals surface area contributed by atoms with Gasteiger partial charge in [-0.3, -0.25) is 4.79 Å². The summed E-state index contributed by atoms with van der Waals surface area (Å²) in [5.41, 5.74) is 3.68. The van der Waals surface area contributed by atoms with Gasteiger partial charge in [0.05, 0.1) is 38.0 Å². The first-order chi connectivity index (χ1) is 18.5. The molecule has 1 fully saturated rings. The second-order valence-corrected chi connectivity index (χ2v) is 10.2. The van der Waals surface area contributed by atoms with E-state index >= 15 is 0 Å². The van der Waals surface area contributed by atoms with Gasteiger partial charge in [0.2, 0.25) is 5.91 Å². The Bertz CT molecular complexity index is 1310. The second-order valence-electron chi connectivity index (χ2n) is 9.33. The number of carbonyl (C=O) groups is 2. The zero-order valence-corrected chi connectivity index (χ0v) is 22.6. The van der Waals surface area contributed by atoms with E-state index in [1.54, 1.807) is 7.11 Å². The molecule has 8 nitrogen and oxygen atoms in total. The molecule has 1 amide bonds. The monoisotopic (exact) mass is 533 g/mol. The van der Waals surface area contributed by atoms with Crippen molar-refractivity contribution in [2.75, 3.05) is 27.3 Å². The van der Waals surface area contributed by atoms with E-state index < -0.39 is 12.0 Å². The molecular formula is C29H31N3O5S. The molecule has 0 N–H and O–H groups in total. The Morgan fingerprint density at radius 3 is 2.53 bits per heavy atom. The van der Waals surface area contributed by atoms with E-state index in [0.29, 0.717) is 29.4 Å². The third kappa shape index (κ3) is 5.15. The van der Waals surface area contributed by atoms with E-state index in [1.807, 2.05) is 70.7 Å². The van der Waals surface area contributed by atoms with Crippen molar-refractivity contribution in [3.63, 3.8) is 0 Å². The molecule has 1 atom stereocenters. The molecule has 3 aliphatic heterocycles. The van der Waals surface area contributed by atoms with E-state index in [4.69, 9.17) is 19.2 Å². The molecule has 0 aromatic heterocycles. The number of amides is 1. The van der Waals surface area contributed by atoms with Crippen LogP contribution in [0.15, 0.2) is 75.9 Å². The van der Waals surface area contributed by atoms with Crippen molar-refractivity contribution in [1.29, 1.82) is 0 Å². The number of nitrogens with zero attached hydrogens (tertiary/aromatic N) is 3. The Kier molecular flexibility index (Phi) is 7.74. The summed E-state index contributed by atoms with van der Waals surface area (Å²) in [6.45, 7) is 3.79. The van der Waals surface area contributed by atoms with Gasteiger partial charge in [-0.15, -0.1) is 0 Å². The molecule has 5 rings (SSSR count). The molecule has 1 saturated heterocycles. The molecule has 0 bridgehead atoms. The van der Waals surface area contributed by atoms with Gasteiger partial charge >= 0.3 is 5.97 Å². The summed E-state index contributed by atoms with van der Waals surface area (Å²) >= 11 is 1.46. The minimum absolute atomic E-state index is 0.0856. The first kappa shape index (κ1) is 25.9. The molecule has 3 heterocycles. The first-order valence-corrected chi connectivity index (χ1v) is 13.5. The fraction of sp³-hybridized carbons (Fsp3) is 0.345. The van der Waals surface area contributed by atoms with Crippen LogP contribution in [0.25, 0.3) is 0 Å². The molecule has 3 aliphatic rings. The van der Waals surface area contributed by atoms with Gasteiger partial charge in [-0.2, -0.15) is 0 Å². The van der Waals surface area contributed by atoms with Gasteiger partial charge in [0.25, 0.3) is 0 Å². The molecular weight excluding hydrogens is 502 g/mol. The number of thioether (sulfide) groups is 1. The third-order valence-corrected chi connectivity index (χ3v) is 7.83. The Morgan fingerprint density at radius 1 is 1.05 bits per heavy atom. The summed E-state index contributed by atoms with van der Waals surface area (Å²) < 4.78 is 16.9. The molecule has 9 heteroatoms. The van der Waals surface area contributed by atoms with E-state index in [-0.39, 0.29) is 12.3 Å². The number of methoxy groups -OCH3 is 2. The van der Waals surface area contributed by atoms with Crippen molar-refractivity contribution < 1.29 is 23.8 Å². The average Bonchev–Trinajstić information content (AvgIpc) is 3.62. The highest BCUT2D eigenvalue weighted by Crippen LogP contribution is 2.46. The largest absolute Gasteiger partial charge is 0.493 e. The van der Waals surface area contributed by atoms with Crippen molar-refractivity contribution in [2.45, 2.75) is 38.8 Å². The Balaban J connectivity index is 1.48. The number of hydrogen-bond acceptors (Lipinski definition) is 8. The van der Waals surface area contributed by atoms with E-state index in [0.717, 1.165) is 47.9 Å². The minimum Gasteiger partial charge on any atom is -0.493 e. The van der Waals surface area contributed by atoms with Gasteiger partial charge in [-0.1, -0.05) is 48.2 Å². The van der Waals surface area contributed by atoms with Crippen LogP contribution in [0.5, 0.6) is 11.5 Å². The molecule has 38 heavy (non-hydrogen) atoms. The normalized spacial score (nSPS) is 18.7. The molecule has 0 spiro atoms. The highest BCUT2D eigenvalue weighted by atomic mass is 32.2. The number of benzene rings is 2. The number of likely N-dealkylation sites (tertiary alicyclic amines) is 1. The highest BCUT2D eigenvalue weighted by Gasteiger charge is 2.41. The SMILES string of the molecule is COC(=O)C1=C(C)N=C2SC=C(CC(=O)N3CCCC3)N2[C@H]1c1ccc(OCc2ccccc2)c(OC)c1. The summed E-state index contributed by atoms with van der Waals surface area (Å²) in [6.07, 6.45) is 2.31. The molecule has 0 radical (unpaired) electrons. The lowest BCUT2D eigenvalue weighted by Gasteiger charge is -2.36. The fourth-order valence-corrected chi connectivity index (χ4v) is 5.96. The third-order valence-electron chi connectivity index (χ3n) is 6.94. The molecule has 0 unspecified atom stereocenters. The summed E-state index contributed by atoms with van der Waals surface area (Å²) in [4.78, 5) is 34.7. The molecule has 0 saturated carbocycles. The van der Waals surface area contributed by atoms with Crippen LogP contribution < -0.4 is 9.47 Å². The zero-order valence-electron chi connectivity index (χ0n) is 21.8. The molecule has 198 valence electrons. The maximum atomic E-state index is 13.1. The topological polar surface area (TPSA) is 80.7 Å². The number of amidine groups is 1. The minimum atomic E-state index is -0.528. The van der Waals surface area contributed by atoms with Crippen LogP contribution in [-0.4, -0.2) is 54.2 Å². The average molecular weight is 534 g/mol. The molecule has 0 aliphatic carbocycles. The maximum absolute atomic E-state index is 13.1. The van der Waals surface area contributed by atoms with Crippen LogP contribution in [0.4, 0.5) is 0 Å². The second kappa shape index (κ2) is 11.3. The first-order valence-electron chi connectivity index (χ1n) is 12.6. The quantitative estimate of drug-likeness (QED) is 0.440. The van der Waals surface area contributed by atoms with Crippen molar-refractivity contribution in [3.05, 3.63) is 82.0 Å². The molecule has 2 aromatic carbocycles. The van der Waals surface area contributed by atoms with Crippen LogP contribution in [0.2, 0.25) is 0 Å². The summed E-state index contributed by atoms with van der Waals surface area (Å²) in [5, 5.41) is 2.69. The van der Waals surface area contributed by atoms with E-state index in [9.17, 15) is 9.59 Å². The van der Waals surface area contributed by atoms with Gasteiger partial charge in [-0.25, -0.2) is 9.79 Å². The van der Waals surface area contributed by atoms with Crippen molar-refractivity contribution in [1.82, 2.24) is 9.80 Å². The van der Waals surface area contributed by atoms with Crippen molar-refractivity contribution >= 4 is 28.8 Å². The van der Waals surface area contributed by atoms with Gasteiger partial charge in [-0.05, 0) is 48.4 Å². The lowest BCUT2D eigenvalue weighted by atomic mass is 9.93. The predicted octanol–water partition coefficient (Wildman–Crippen LogP) is 5.03. The number of rotatable bonds is 8. The number of fused-ring (bicyclic) bond motifs is 1. The Morgan fingerprint density at radius 2 is 1.82 bits per heavy atom. The lowest BCUT2D eigenvalue weighted by molar-refractivity contribution is -0.136. The summed E-state index contributed by atoms with van der Waals surface area (Å²) in [6, 6.07) is 15.0. The van der Waals surface area contributed by atoms with Crippen molar-refractivity contribution in [2.24, 2.45) is 4.99 Å².